The summed E-state index contributed by atoms with van der Waals surface area (Å²) < 4.78 is 1.88. The molecule has 0 bridgehead atoms. The Balaban J connectivity index is 0.00000240. The smallest absolute Gasteiger partial charge is 0.191 e. The van der Waals surface area contributed by atoms with Crippen LogP contribution in [0.1, 0.15) is 5.56 Å². The van der Waals surface area contributed by atoms with Crippen LogP contribution in [-0.4, -0.2) is 51.6 Å². The van der Waals surface area contributed by atoms with E-state index in [1.165, 1.54) is 5.69 Å². The van der Waals surface area contributed by atoms with Crippen molar-refractivity contribution in [2.24, 2.45) is 10.7 Å². The van der Waals surface area contributed by atoms with Crippen molar-refractivity contribution in [2.75, 3.05) is 31.1 Å². The lowest BCUT2D eigenvalue weighted by Crippen LogP contribution is -2.51. The Hall–Kier alpha value is -2.33. The van der Waals surface area contributed by atoms with Crippen LogP contribution < -0.4 is 10.6 Å². The molecule has 152 valence electrons. The fraction of sp³-hybridized carbons (Fsp3) is 0.250. The van der Waals surface area contributed by atoms with Crippen molar-refractivity contribution in [3.8, 4) is 5.82 Å². The highest BCUT2D eigenvalue weighted by atomic mass is 127. The Kier molecular flexibility index (Phi) is 7.32. The number of nitrogens with two attached hydrogens (primary N) is 1. The van der Waals surface area contributed by atoms with E-state index in [1.54, 1.807) is 18.7 Å². The Morgan fingerprint density at radius 2 is 1.83 bits per heavy atom. The minimum atomic E-state index is 0. The Morgan fingerprint density at radius 1 is 1.07 bits per heavy atom. The number of guanidine groups is 1. The molecule has 2 aromatic heterocycles. The molecule has 7 nitrogen and oxygen atoms in total. The zero-order valence-electron chi connectivity index (χ0n) is 15.9. The average molecular weight is 524 g/mol. The molecule has 4 rings (SSSR count). The Labute approximate surface area is 192 Å². The van der Waals surface area contributed by atoms with Gasteiger partial charge in [0.2, 0.25) is 0 Å². The summed E-state index contributed by atoms with van der Waals surface area (Å²) in [6.45, 7) is 3.93. The van der Waals surface area contributed by atoms with Gasteiger partial charge in [-0.1, -0.05) is 17.7 Å². The highest BCUT2D eigenvalue weighted by Gasteiger charge is 2.18. The third kappa shape index (κ3) is 5.18. The van der Waals surface area contributed by atoms with Crippen molar-refractivity contribution in [3.05, 3.63) is 71.9 Å². The molecule has 0 aliphatic carbocycles. The van der Waals surface area contributed by atoms with E-state index in [2.05, 4.69) is 36.9 Å². The van der Waals surface area contributed by atoms with Gasteiger partial charge in [-0.05, 0) is 30.3 Å². The molecule has 9 heteroatoms. The van der Waals surface area contributed by atoms with Crippen LogP contribution in [0.5, 0.6) is 0 Å². The maximum absolute atomic E-state index is 6.27. The first-order chi connectivity index (χ1) is 13.7. The fourth-order valence-electron chi connectivity index (χ4n) is 3.28. The van der Waals surface area contributed by atoms with E-state index in [-0.39, 0.29) is 24.0 Å². The van der Waals surface area contributed by atoms with Crippen LogP contribution >= 0.6 is 35.6 Å². The monoisotopic (exact) mass is 523 g/mol. The zero-order chi connectivity index (χ0) is 19.3. The van der Waals surface area contributed by atoms with Gasteiger partial charge < -0.3 is 15.5 Å². The summed E-state index contributed by atoms with van der Waals surface area (Å²) in [5.74, 6) is 1.39. The van der Waals surface area contributed by atoms with Gasteiger partial charge in [0.1, 0.15) is 12.1 Å². The van der Waals surface area contributed by atoms with Gasteiger partial charge in [-0.15, -0.1) is 24.0 Å². The normalized spacial score (nSPS) is 14.6. The van der Waals surface area contributed by atoms with E-state index in [1.807, 2.05) is 35.0 Å². The molecule has 29 heavy (non-hydrogen) atoms. The number of halogens is 2. The molecule has 1 aliphatic rings. The lowest BCUT2D eigenvalue weighted by molar-refractivity contribution is 0.380. The zero-order valence-corrected chi connectivity index (χ0v) is 18.9. The third-order valence-corrected chi connectivity index (χ3v) is 5.08. The molecule has 1 saturated heterocycles. The predicted octanol–water partition coefficient (Wildman–Crippen LogP) is 3.18. The summed E-state index contributed by atoms with van der Waals surface area (Å²) in [4.78, 5) is 17.6. The third-order valence-electron chi connectivity index (χ3n) is 4.82. The fourth-order valence-corrected chi connectivity index (χ4v) is 3.41. The van der Waals surface area contributed by atoms with Gasteiger partial charge in [0.15, 0.2) is 5.96 Å². The van der Waals surface area contributed by atoms with Crippen molar-refractivity contribution in [1.29, 1.82) is 0 Å². The van der Waals surface area contributed by atoms with Crippen LogP contribution in [0.4, 0.5) is 5.69 Å². The molecule has 1 aromatic carbocycles. The number of benzene rings is 1. The molecule has 1 aliphatic heterocycles. The van der Waals surface area contributed by atoms with Gasteiger partial charge in [0.25, 0.3) is 0 Å². The number of hydrogen-bond donors (Lipinski definition) is 1. The lowest BCUT2D eigenvalue weighted by atomic mass is 10.2. The molecule has 0 spiro atoms. The van der Waals surface area contributed by atoms with Crippen molar-refractivity contribution < 1.29 is 0 Å². The van der Waals surface area contributed by atoms with Crippen molar-refractivity contribution in [2.45, 2.75) is 6.54 Å². The molecule has 0 radical (unpaired) electrons. The van der Waals surface area contributed by atoms with E-state index in [0.717, 1.165) is 42.6 Å². The quantitative estimate of drug-likeness (QED) is 0.323. The minimum Gasteiger partial charge on any atom is -0.370 e. The van der Waals surface area contributed by atoms with E-state index in [0.29, 0.717) is 12.5 Å². The molecule has 0 atom stereocenters. The van der Waals surface area contributed by atoms with E-state index in [4.69, 9.17) is 17.3 Å². The maximum Gasteiger partial charge on any atom is 0.191 e. The SMILES string of the molecule is I.NC(=NCc1cccnc1-n1ccnc1)N1CCN(c2ccc(Cl)cc2)CC1. The summed E-state index contributed by atoms with van der Waals surface area (Å²) >= 11 is 5.98. The topological polar surface area (TPSA) is 75.6 Å². The van der Waals surface area contributed by atoms with Gasteiger partial charge in [-0.2, -0.15) is 0 Å². The second-order valence-electron chi connectivity index (χ2n) is 6.58. The number of nitrogens with zero attached hydrogens (tertiary/aromatic N) is 6. The van der Waals surface area contributed by atoms with Gasteiger partial charge in [0.05, 0.1) is 6.54 Å². The molecule has 0 unspecified atom stereocenters. The molecule has 0 saturated carbocycles. The largest absolute Gasteiger partial charge is 0.370 e. The molecule has 3 heterocycles. The van der Waals surface area contributed by atoms with Crippen molar-refractivity contribution in [3.63, 3.8) is 0 Å². The van der Waals surface area contributed by atoms with E-state index in [9.17, 15) is 0 Å². The summed E-state index contributed by atoms with van der Waals surface area (Å²) in [7, 11) is 0. The number of pyridine rings is 1. The lowest BCUT2D eigenvalue weighted by Gasteiger charge is -2.36. The molecule has 0 amide bonds. The number of imidazole rings is 1. The summed E-state index contributed by atoms with van der Waals surface area (Å²) in [6.07, 6.45) is 7.10. The van der Waals surface area contributed by atoms with E-state index >= 15 is 0 Å². The minimum absolute atomic E-state index is 0. The first kappa shape index (κ1) is 21.4. The van der Waals surface area contributed by atoms with Crippen LogP contribution in [0.2, 0.25) is 5.02 Å². The highest BCUT2D eigenvalue weighted by molar-refractivity contribution is 14.0. The summed E-state index contributed by atoms with van der Waals surface area (Å²) in [5.41, 5.74) is 8.45. The Bertz CT molecular complexity index is 936. The second kappa shape index (κ2) is 9.93. The summed E-state index contributed by atoms with van der Waals surface area (Å²) in [6, 6.07) is 11.9. The maximum atomic E-state index is 6.27. The van der Waals surface area contributed by atoms with Crippen molar-refractivity contribution >= 4 is 47.2 Å². The summed E-state index contributed by atoms with van der Waals surface area (Å²) in [5, 5.41) is 0.754. The highest BCUT2D eigenvalue weighted by Crippen LogP contribution is 2.19. The number of piperazine rings is 1. The molecule has 3 aromatic rings. The standard InChI is InChI=1S/C20H22ClN7.HI/c21-17-3-5-18(6-4-17)26-10-12-27(13-11-26)20(22)25-14-16-2-1-7-24-19(16)28-9-8-23-15-28;/h1-9,15H,10-14H2,(H2,22,25);1H. The average Bonchev–Trinajstić information content (AvgIpc) is 3.28. The number of aromatic nitrogens is 3. The number of rotatable bonds is 4. The first-order valence-electron chi connectivity index (χ1n) is 9.18. The Morgan fingerprint density at radius 3 is 2.52 bits per heavy atom. The first-order valence-corrected chi connectivity index (χ1v) is 9.56. The van der Waals surface area contributed by atoms with E-state index < -0.39 is 0 Å². The predicted molar refractivity (Wildman–Crippen MR) is 127 cm³/mol. The van der Waals surface area contributed by atoms with Crippen LogP contribution in [-0.2, 0) is 6.54 Å². The number of anilines is 1. The van der Waals surface area contributed by atoms with Gasteiger partial charge in [0, 0.05) is 61.0 Å². The second-order valence-corrected chi connectivity index (χ2v) is 7.02. The molecular formula is C20H23ClIN7. The van der Waals surface area contributed by atoms with Crippen LogP contribution in [0.25, 0.3) is 5.82 Å². The number of hydrogen-bond acceptors (Lipinski definition) is 4. The molecule has 2 N–H and O–H groups in total. The van der Waals surface area contributed by atoms with Gasteiger partial charge in [-0.25, -0.2) is 15.0 Å². The van der Waals surface area contributed by atoms with Crippen LogP contribution in [0.3, 0.4) is 0 Å². The van der Waals surface area contributed by atoms with Crippen molar-refractivity contribution in [1.82, 2.24) is 19.4 Å². The number of aliphatic imine (C=N–C) groups is 1. The molecule has 1 fully saturated rings. The van der Waals surface area contributed by atoms with Gasteiger partial charge in [-0.3, -0.25) is 4.57 Å². The van der Waals surface area contributed by atoms with Crippen LogP contribution in [0, 0.1) is 0 Å². The molecular weight excluding hydrogens is 501 g/mol. The van der Waals surface area contributed by atoms with Crippen LogP contribution in [0.15, 0.2) is 66.3 Å². The van der Waals surface area contributed by atoms with Gasteiger partial charge >= 0.3 is 0 Å².